The van der Waals surface area contributed by atoms with Crippen LogP contribution in [0.2, 0.25) is 0 Å². The van der Waals surface area contributed by atoms with Gasteiger partial charge in [-0.15, -0.1) is 11.3 Å². The van der Waals surface area contributed by atoms with Crippen LogP contribution in [0.15, 0.2) is 54.2 Å². The van der Waals surface area contributed by atoms with Crippen LogP contribution in [0.25, 0.3) is 10.6 Å². The summed E-state index contributed by atoms with van der Waals surface area (Å²) in [6, 6.07) is 11.2. The molecule has 6 heteroatoms. The summed E-state index contributed by atoms with van der Waals surface area (Å²) in [5.74, 6) is -0.687. The van der Waals surface area contributed by atoms with Crippen molar-refractivity contribution in [2.24, 2.45) is 0 Å². The lowest BCUT2D eigenvalue weighted by molar-refractivity contribution is -0.145. The van der Waals surface area contributed by atoms with E-state index in [9.17, 15) is 9.59 Å². The number of carbonyl (C=O) groups is 2. The molecular formula is C23H24N2O3S. The molecule has 2 heterocycles. The minimum absolute atomic E-state index is 0.0157. The molecule has 29 heavy (non-hydrogen) atoms. The van der Waals surface area contributed by atoms with Gasteiger partial charge in [-0.1, -0.05) is 45.0 Å². The molecule has 0 saturated carbocycles. The van der Waals surface area contributed by atoms with Crippen molar-refractivity contribution < 1.29 is 14.3 Å². The first kappa shape index (κ1) is 20.9. The Morgan fingerprint density at radius 2 is 1.86 bits per heavy atom. The van der Waals surface area contributed by atoms with Crippen LogP contribution in [0, 0.1) is 0 Å². The Kier molecular flexibility index (Phi) is 6.23. The van der Waals surface area contributed by atoms with Crippen molar-refractivity contribution in [1.29, 1.82) is 0 Å². The number of hydrogen-bond donors (Lipinski definition) is 0. The van der Waals surface area contributed by atoms with Gasteiger partial charge in [-0.2, -0.15) is 0 Å². The highest BCUT2D eigenvalue weighted by Crippen LogP contribution is 2.24. The van der Waals surface area contributed by atoms with E-state index >= 15 is 0 Å². The second kappa shape index (κ2) is 8.66. The number of rotatable bonds is 6. The largest absolute Gasteiger partial charge is 0.454 e. The standard InChI is InChI=1S/C23H24N2O3S/c1-15(21(27)16-7-9-18(10-8-16)23(2,3)4)28-20(26)12-19-14-29-22(25-19)17-6-5-11-24-13-17/h5-11,13-15H,12H2,1-4H3/t15-/m1/s1. The number of thiazole rings is 1. The van der Waals surface area contributed by atoms with Crippen molar-refractivity contribution in [3.8, 4) is 10.6 Å². The van der Waals surface area contributed by atoms with Crippen molar-refractivity contribution >= 4 is 23.1 Å². The number of esters is 1. The molecule has 0 unspecified atom stereocenters. The Labute approximate surface area is 174 Å². The van der Waals surface area contributed by atoms with Gasteiger partial charge in [-0.3, -0.25) is 14.6 Å². The fourth-order valence-corrected chi connectivity index (χ4v) is 3.63. The number of pyridine rings is 1. The number of carbonyl (C=O) groups excluding carboxylic acids is 2. The molecule has 5 nitrogen and oxygen atoms in total. The third kappa shape index (κ3) is 5.35. The van der Waals surface area contributed by atoms with Gasteiger partial charge >= 0.3 is 5.97 Å². The maximum absolute atomic E-state index is 12.6. The Bertz CT molecular complexity index is 989. The van der Waals surface area contributed by atoms with E-state index in [2.05, 4.69) is 30.7 Å². The molecule has 0 saturated heterocycles. The lowest BCUT2D eigenvalue weighted by atomic mass is 9.86. The first-order valence-corrected chi connectivity index (χ1v) is 10.3. The lowest BCUT2D eigenvalue weighted by Gasteiger charge is -2.19. The average Bonchev–Trinajstić information content (AvgIpc) is 3.15. The van der Waals surface area contributed by atoms with Gasteiger partial charge in [-0.25, -0.2) is 4.98 Å². The number of nitrogens with zero attached hydrogens (tertiary/aromatic N) is 2. The molecule has 0 aliphatic carbocycles. The lowest BCUT2D eigenvalue weighted by Crippen LogP contribution is -2.25. The summed E-state index contributed by atoms with van der Waals surface area (Å²) in [4.78, 5) is 33.4. The quantitative estimate of drug-likeness (QED) is 0.430. The van der Waals surface area contributed by atoms with Crippen molar-refractivity contribution in [3.05, 3.63) is 71.0 Å². The topological polar surface area (TPSA) is 69.2 Å². The van der Waals surface area contributed by atoms with Gasteiger partial charge in [0.25, 0.3) is 0 Å². The van der Waals surface area contributed by atoms with Crippen molar-refractivity contribution in [3.63, 3.8) is 0 Å². The van der Waals surface area contributed by atoms with E-state index in [1.54, 1.807) is 31.5 Å². The maximum atomic E-state index is 12.6. The summed E-state index contributed by atoms with van der Waals surface area (Å²) >= 11 is 1.44. The first-order valence-electron chi connectivity index (χ1n) is 9.43. The van der Waals surface area contributed by atoms with E-state index in [0.717, 1.165) is 16.1 Å². The van der Waals surface area contributed by atoms with E-state index in [4.69, 9.17) is 4.74 Å². The number of hydrogen-bond acceptors (Lipinski definition) is 6. The predicted molar refractivity (Wildman–Crippen MR) is 114 cm³/mol. The molecule has 1 atom stereocenters. The summed E-state index contributed by atoms with van der Waals surface area (Å²) in [6.45, 7) is 7.95. The van der Waals surface area contributed by atoms with E-state index in [0.29, 0.717) is 11.3 Å². The normalized spacial score (nSPS) is 12.4. The van der Waals surface area contributed by atoms with Crippen LogP contribution in [0.3, 0.4) is 0 Å². The van der Waals surface area contributed by atoms with Gasteiger partial charge < -0.3 is 4.74 Å². The summed E-state index contributed by atoms with van der Waals surface area (Å²) in [7, 11) is 0. The van der Waals surface area contributed by atoms with Gasteiger partial charge in [0.05, 0.1) is 12.1 Å². The van der Waals surface area contributed by atoms with Gasteiger partial charge in [0.2, 0.25) is 5.78 Å². The Morgan fingerprint density at radius 3 is 2.48 bits per heavy atom. The van der Waals surface area contributed by atoms with Gasteiger partial charge in [0.1, 0.15) is 5.01 Å². The molecule has 0 radical (unpaired) electrons. The molecule has 0 spiro atoms. The zero-order valence-electron chi connectivity index (χ0n) is 17.0. The molecule has 0 N–H and O–H groups in total. The molecule has 0 bridgehead atoms. The van der Waals surface area contributed by atoms with Crippen molar-refractivity contribution in [2.75, 3.05) is 0 Å². The van der Waals surface area contributed by atoms with Crippen LogP contribution in [0.5, 0.6) is 0 Å². The zero-order valence-corrected chi connectivity index (χ0v) is 17.8. The smallest absolute Gasteiger partial charge is 0.312 e. The van der Waals surface area contributed by atoms with E-state index in [-0.39, 0.29) is 17.6 Å². The van der Waals surface area contributed by atoms with Crippen LogP contribution in [0.1, 0.15) is 49.3 Å². The first-order chi connectivity index (χ1) is 13.7. The second-order valence-electron chi connectivity index (χ2n) is 7.89. The molecule has 0 aliphatic rings. The Balaban J connectivity index is 1.59. The Hall–Kier alpha value is -2.86. The molecular weight excluding hydrogens is 384 g/mol. The average molecular weight is 409 g/mol. The number of Topliss-reactive ketones (excluding diaryl/α,β-unsaturated/α-hetero) is 1. The molecule has 3 aromatic rings. The second-order valence-corrected chi connectivity index (χ2v) is 8.74. The number of ketones is 1. The fraction of sp³-hybridized carbons (Fsp3) is 0.304. The summed E-state index contributed by atoms with van der Waals surface area (Å²) in [5, 5.41) is 2.62. The highest BCUT2D eigenvalue weighted by atomic mass is 32.1. The molecule has 3 rings (SSSR count). The van der Waals surface area contributed by atoms with Crippen molar-refractivity contribution in [2.45, 2.75) is 45.6 Å². The molecule has 2 aromatic heterocycles. The zero-order chi connectivity index (χ0) is 21.0. The van der Waals surface area contributed by atoms with Crippen LogP contribution in [-0.4, -0.2) is 27.8 Å². The van der Waals surface area contributed by atoms with Crippen LogP contribution in [0.4, 0.5) is 0 Å². The SMILES string of the molecule is C[C@@H](OC(=O)Cc1csc(-c2cccnc2)n1)C(=O)c1ccc(C(C)(C)C)cc1. The van der Waals surface area contributed by atoms with E-state index < -0.39 is 12.1 Å². The van der Waals surface area contributed by atoms with Gasteiger partial charge in [-0.05, 0) is 30.0 Å². The Morgan fingerprint density at radius 1 is 1.14 bits per heavy atom. The van der Waals surface area contributed by atoms with E-state index in [1.165, 1.54) is 11.3 Å². The molecule has 0 amide bonds. The summed E-state index contributed by atoms with van der Waals surface area (Å²) in [5.41, 5.74) is 3.21. The highest BCUT2D eigenvalue weighted by Gasteiger charge is 2.21. The highest BCUT2D eigenvalue weighted by molar-refractivity contribution is 7.13. The summed E-state index contributed by atoms with van der Waals surface area (Å²) in [6.07, 6.45) is 2.61. The number of benzene rings is 1. The van der Waals surface area contributed by atoms with Crippen LogP contribution < -0.4 is 0 Å². The van der Waals surface area contributed by atoms with Gasteiger partial charge in [0, 0.05) is 28.9 Å². The molecule has 0 aliphatic heterocycles. The number of aromatic nitrogens is 2. The monoisotopic (exact) mass is 408 g/mol. The van der Waals surface area contributed by atoms with Gasteiger partial charge in [0.15, 0.2) is 6.10 Å². The number of ether oxygens (including phenoxy) is 1. The van der Waals surface area contributed by atoms with Crippen molar-refractivity contribution in [1.82, 2.24) is 9.97 Å². The predicted octanol–water partition coefficient (Wildman–Crippen LogP) is 4.86. The summed E-state index contributed by atoms with van der Waals surface area (Å²) < 4.78 is 5.35. The third-order valence-corrected chi connectivity index (χ3v) is 5.44. The minimum Gasteiger partial charge on any atom is -0.454 e. The third-order valence-electron chi connectivity index (χ3n) is 4.50. The van der Waals surface area contributed by atoms with E-state index in [1.807, 2.05) is 29.6 Å². The molecule has 0 fully saturated rings. The molecule has 150 valence electrons. The fourth-order valence-electron chi connectivity index (χ4n) is 2.82. The van der Waals surface area contributed by atoms with Crippen LogP contribution in [-0.2, 0) is 21.4 Å². The molecule has 1 aromatic carbocycles. The minimum atomic E-state index is -0.848. The maximum Gasteiger partial charge on any atom is 0.312 e. The van der Waals surface area contributed by atoms with Crippen LogP contribution >= 0.6 is 11.3 Å².